The van der Waals surface area contributed by atoms with Crippen molar-refractivity contribution in [2.24, 2.45) is 11.0 Å². The minimum atomic E-state index is -0.536. The summed E-state index contributed by atoms with van der Waals surface area (Å²) in [5.74, 6) is 0.459. The standard InChI is InChI=1S/C18H18N6O/c1-12(2)16(22-23-19)17-21-15-10-20-9-8-14(15)18(25)24(17)11-13-6-4-3-5-7-13/h3-10,12,16H,11H2,1-2H3/t16-/m1/s1. The van der Waals surface area contributed by atoms with Crippen LogP contribution in [-0.4, -0.2) is 14.5 Å². The molecule has 2 aromatic heterocycles. The van der Waals surface area contributed by atoms with Gasteiger partial charge in [0.15, 0.2) is 0 Å². The molecule has 0 fully saturated rings. The highest BCUT2D eigenvalue weighted by Crippen LogP contribution is 2.25. The lowest BCUT2D eigenvalue weighted by atomic mass is 10.0. The molecule has 0 spiro atoms. The van der Waals surface area contributed by atoms with Crippen LogP contribution < -0.4 is 5.56 Å². The number of fused-ring (bicyclic) bond motifs is 1. The molecule has 1 atom stereocenters. The highest BCUT2D eigenvalue weighted by atomic mass is 16.1. The number of hydrogen-bond acceptors (Lipinski definition) is 4. The van der Waals surface area contributed by atoms with E-state index in [4.69, 9.17) is 5.53 Å². The van der Waals surface area contributed by atoms with Crippen molar-refractivity contribution < 1.29 is 0 Å². The van der Waals surface area contributed by atoms with Crippen LogP contribution in [0.4, 0.5) is 0 Å². The van der Waals surface area contributed by atoms with Gasteiger partial charge in [0.05, 0.1) is 29.7 Å². The molecule has 0 aliphatic carbocycles. The van der Waals surface area contributed by atoms with Crippen LogP contribution in [0, 0.1) is 5.92 Å². The average molecular weight is 334 g/mol. The summed E-state index contributed by atoms with van der Waals surface area (Å²) >= 11 is 0. The number of pyridine rings is 1. The van der Waals surface area contributed by atoms with Crippen molar-refractivity contribution in [3.05, 3.63) is 81.0 Å². The van der Waals surface area contributed by atoms with Crippen LogP contribution in [-0.2, 0) is 6.54 Å². The highest BCUT2D eigenvalue weighted by molar-refractivity contribution is 5.76. The topological polar surface area (TPSA) is 96.5 Å². The van der Waals surface area contributed by atoms with E-state index < -0.39 is 6.04 Å². The van der Waals surface area contributed by atoms with Crippen LogP contribution >= 0.6 is 0 Å². The number of benzene rings is 1. The van der Waals surface area contributed by atoms with Gasteiger partial charge < -0.3 is 0 Å². The van der Waals surface area contributed by atoms with Crippen molar-refractivity contribution in [3.8, 4) is 0 Å². The Hall–Kier alpha value is -3.18. The third-order valence-electron chi connectivity index (χ3n) is 4.04. The molecule has 0 amide bonds. The Bertz CT molecular complexity index is 989. The van der Waals surface area contributed by atoms with Gasteiger partial charge in [-0.15, -0.1) is 0 Å². The summed E-state index contributed by atoms with van der Waals surface area (Å²) in [5.41, 5.74) is 10.3. The van der Waals surface area contributed by atoms with Crippen LogP contribution in [0.2, 0.25) is 0 Å². The quantitative estimate of drug-likeness (QED) is 0.402. The summed E-state index contributed by atoms with van der Waals surface area (Å²) in [6.45, 7) is 4.24. The third kappa shape index (κ3) is 3.36. The van der Waals surface area contributed by atoms with E-state index in [0.717, 1.165) is 5.56 Å². The molecule has 0 saturated heterocycles. The summed E-state index contributed by atoms with van der Waals surface area (Å²) in [7, 11) is 0. The van der Waals surface area contributed by atoms with Gasteiger partial charge in [0.2, 0.25) is 0 Å². The largest absolute Gasteiger partial charge is 0.291 e. The SMILES string of the molecule is CC(C)[C@@H](N=[N+]=[N-])c1nc2cnccc2c(=O)n1Cc1ccccc1. The van der Waals surface area contributed by atoms with Gasteiger partial charge in [0.25, 0.3) is 5.56 Å². The Balaban J connectivity index is 2.27. The Kier molecular flexibility index (Phi) is 4.77. The second kappa shape index (κ2) is 7.15. The van der Waals surface area contributed by atoms with Crippen molar-refractivity contribution in [2.45, 2.75) is 26.4 Å². The van der Waals surface area contributed by atoms with Gasteiger partial charge >= 0.3 is 0 Å². The summed E-state index contributed by atoms with van der Waals surface area (Å²) in [4.78, 5) is 24.6. The molecule has 3 rings (SSSR count). The highest BCUT2D eigenvalue weighted by Gasteiger charge is 2.22. The fourth-order valence-electron chi connectivity index (χ4n) is 2.77. The first-order valence-electron chi connectivity index (χ1n) is 8.04. The fraction of sp³-hybridized carbons (Fsp3) is 0.278. The molecule has 126 valence electrons. The van der Waals surface area contributed by atoms with E-state index in [1.165, 1.54) is 0 Å². The molecule has 7 nitrogen and oxygen atoms in total. The van der Waals surface area contributed by atoms with Gasteiger partial charge in [-0.1, -0.05) is 49.3 Å². The van der Waals surface area contributed by atoms with Crippen LogP contribution in [0.3, 0.4) is 0 Å². The molecule has 0 saturated carbocycles. The normalized spacial score (nSPS) is 12.1. The summed E-state index contributed by atoms with van der Waals surface area (Å²) in [6.07, 6.45) is 3.13. The van der Waals surface area contributed by atoms with Crippen molar-refractivity contribution in [2.75, 3.05) is 0 Å². The number of rotatable bonds is 5. The molecule has 25 heavy (non-hydrogen) atoms. The first kappa shape index (κ1) is 16.7. The number of azide groups is 1. The zero-order chi connectivity index (χ0) is 17.8. The zero-order valence-corrected chi connectivity index (χ0v) is 14.1. The molecule has 0 radical (unpaired) electrons. The van der Waals surface area contributed by atoms with Gasteiger partial charge in [-0.25, -0.2) is 4.98 Å². The van der Waals surface area contributed by atoms with Gasteiger partial charge in [0, 0.05) is 11.1 Å². The molecular weight excluding hydrogens is 316 g/mol. The summed E-state index contributed by atoms with van der Waals surface area (Å²) in [6, 6.07) is 10.8. The molecule has 0 aliphatic rings. The Morgan fingerprint density at radius 1 is 1.24 bits per heavy atom. The molecule has 2 heterocycles. The maximum atomic E-state index is 13.0. The third-order valence-corrected chi connectivity index (χ3v) is 4.04. The fourth-order valence-corrected chi connectivity index (χ4v) is 2.77. The average Bonchev–Trinajstić information content (AvgIpc) is 2.63. The molecule has 0 aliphatic heterocycles. The maximum Gasteiger partial charge on any atom is 0.261 e. The van der Waals surface area contributed by atoms with Crippen LogP contribution in [0.25, 0.3) is 21.3 Å². The van der Waals surface area contributed by atoms with Crippen LogP contribution in [0.15, 0.2) is 58.7 Å². The smallest absolute Gasteiger partial charge is 0.261 e. The minimum absolute atomic E-state index is 0.000977. The lowest BCUT2D eigenvalue weighted by Crippen LogP contribution is -2.28. The van der Waals surface area contributed by atoms with E-state index in [9.17, 15) is 4.79 Å². The molecule has 0 bridgehead atoms. The molecule has 3 aromatic rings. The van der Waals surface area contributed by atoms with E-state index >= 15 is 0 Å². The van der Waals surface area contributed by atoms with Crippen LogP contribution in [0.1, 0.15) is 31.3 Å². The van der Waals surface area contributed by atoms with E-state index in [1.807, 2.05) is 44.2 Å². The van der Waals surface area contributed by atoms with Crippen molar-refractivity contribution >= 4 is 10.9 Å². The lowest BCUT2D eigenvalue weighted by molar-refractivity contribution is 0.462. The number of nitrogens with zero attached hydrogens (tertiary/aromatic N) is 6. The first-order chi connectivity index (χ1) is 12.1. The van der Waals surface area contributed by atoms with Crippen LogP contribution in [0.5, 0.6) is 0 Å². The van der Waals surface area contributed by atoms with E-state index in [1.54, 1.807) is 23.0 Å². The lowest BCUT2D eigenvalue weighted by Gasteiger charge is -2.20. The molecular formula is C18H18N6O. The second-order valence-electron chi connectivity index (χ2n) is 6.13. The predicted octanol–water partition coefficient (Wildman–Crippen LogP) is 3.85. The van der Waals surface area contributed by atoms with Crippen molar-refractivity contribution in [1.29, 1.82) is 0 Å². The van der Waals surface area contributed by atoms with Crippen molar-refractivity contribution in [3.63, 3.8) is 0 Å². The molecule has 1 aromatic carbocycles. The van der Waals surface area contributed by atoms with Gasteiger partial charge in [-0.2, -0.15) is 0 Å². The van der Waals surface area contributed by atoms with Gasteiger partial charge in [0.1, 0.15) is 5.82 Å². The Morgan fingerprint density at radius 2 is 2.00 bits per heavy atom. The Labute approximate surface area is 144 Å². The van der Waals surface area contributed by atoms with Gasteiger partial charge in [-0.05, 0) is 23.1 Å². The molecule has 0 unspecified atom stereocenters. The maximum absolute atomic E-state index is 13.0. The zero-order valence-electron chi connectivity index (χ0n) is 14.1. The van der Waals surface area contributed by atoms with Crippen molar-refractivity contribution in [1.82, 2.24) is 14.5 Å². The first-order valence-corrected chi connectivity index (χ1v) is 8.04. The molecule has 7 heteroatoms. The van der Waals surface area contributed by atoms with Gasteiger partial charge in [-0.3, -0.25) is 14.3 Å². The minimum Gasteiger partial charge on any atom is -0.291 e. The second-order valence-corrected chi connectivity index (χ2v) is 6.13. The molecule has 0 N–H and O–H groups in total. The van der Waals surface area contributed by atoms with E-state index in [0.29, 0.717) is 23.3 Å². The summed E-state index contributed by atoms with van der Waals surface area (Å²) in [5, 5.41) is 4.38. The number of hydrogen-bond donors (Lipinski definition) is 0. The Morgan fingerprint density at radius 3 is 2.68 bits per heavy atom. The predicted molar refractivity (Wildman–Crippen MR) is 96.1 cm³/mol. The van der Waals surface area contributed by atoms with E-state index in [2.05, 4.69) is 20.0 Å². The van der Waals surface area contributed by atoms with E-state index in [-0.39, 0.29) is 11.5 Å². The number of aromatic nitrogens is 3. The monoisotopic (exact) mass is 334 g/mol. The summed E-state index contributed by atoms with van der Waals surface area (Å²) < 4.78 is 1.59.